The number of amides is 1. The molecule has 0 spiro atoms. The third kappa shape index (κ3) is 4.92. The molecule has 8 heteroatoms. The standard InChI is InChI=1S/C17H27N3O4S/c1-13(2)15-6-5-14(16(21)18(15)3)17(22)20-9-7-19(8-10-20)11-12-25(4,23)24/h5-6,13H,7-12H2,1-4H3. The van der Waals surface area contributed by atoms with Crippen LogP contribution in [0, 0.1) is 0 Å². The molecule has 0 unspecified atom stereocenters. The normalized spacial score (nSPS) is 16.4. The summed E-state index contributed by atoms with van der Waals surface area (Å²) in [5, 5.41) is 0. The first kappa shape index (κ1) is 19.7. The van der Waals surface area contributed by atoms with E-state index in [2.05, 4.69) is 0 Å². The molecule has 140 valence electrons. The molecule has 1 amide bonds. The minimum absolute atomic E-state index is 0.123. The monoisotopic (exact) mass is 369 g/mol. The maximum atomic E-state index is 12.7. The molecule has 1 aromatic rings. The molecule has 0 N–H and O–H groups in total. The quantitative estimate of drug-likeness (QED) is 0.746. The molecule has 2 heterocycles. The molecule has 0 radical (unpaired) electrons. The Kier molecular flexibility index (Phi) is 6.05. The zero-order chi connectivity index (χ0) is 18.8. The predicted molar refractivity (Wildman–Crippen MR) is 97.8 cm³/mol. The van der Waals surface area contributed by atoms with Crippen molar-refractivity contribution in [2.24, 2.45) is 7.05 Å². The second-order valence-corrected chi connectivity index (χ2v) is 9.21. The lowest BCUT2D eigenvalue weighted by molar-refractivity contribution is 0.0641. The number of carbonyl (C=O) groups is 1. The van der Waals surface area contributed by atoms with Crippen LogP contribution in [0.5, 0.6) is 0 Å². The van der Waals surface area contributed by atoms with Gasteiger partial charge in [-0.2, -0.15) is 0 Å². The van der Waals surface area contributed by atoms with E-state index in [0.717, 1.165) is 5.69 Å². The lowest BCUT2D eigenvalue weighted by Crippen LogP contribution is -2.50. The van der Waals surface area contributed by atoms with E-state index in [-0.39, 0.29) is 28.7 Å². The Balaban J connectivity index is 2.04. The summed E-state index contributed by atoms with van der Waals surface area (Å²) in [4.78, 5) is 28.9. The highest BCUT2D eigenvalue weighted by atomic mass is 32.2. The van der Waals surface area contributed by atoms with Gasteiger partial charge in [0.25, 0.3) is 11.5 Å². The minimum atomic E-state index is -2.98. The van der Waals surface area contributed by atoms with Crippen molar-refractivity contribution >= 4 is 15.7 Å². The van der Waals surface area contributed by atoms with Crippen LogP contribution in [0.25, 0.3) is 0 Å². The van der Waals surface area contributed by atoms with Crippen LogP contribution in [-0.4, -0.2) is 73.4 Å². The fraction of sp³-hybridized carbons (Fsp3) is 0.647. The Morgan fingerprint density at radius 3 is 2.28 bits per heavy atom. The summed E-state index contributed by atoms with van der Waals surface area (Å²) in [5.41, 5.74) is 0.819. The summed E-state index contributed by atoms with van der Waals surface area (Å²) in [6.07, 6.45) is 1.23. The van der Waals surface area contributed by atoms with Crippen LogP contribution in [0.1, 0.15) is 35.8 Å². The molecular weight excluding hydrogens is 342 g/mol. The highest BCUT2D eigenvalue weighted by Gasteiger charge is 2.25. The molecule has 0 bridgehead atoms. The SMILES string of the molecule is CC(C)c1ccc(C(=O)N2CCN(CCS(C)(=O)=O)CC2)c(=O)n1C. The maximum absolute atomic E-state index is 12.7. The highest BCUT2D eigenvalue weighted by Crippen LogP contribution is 2.13. The van der Waals surface area contributed by atoms with Gasteiger partial charge in [0.2, 0.25) is 0 Å². The van der Waals surface area contributed by atoms with Gasteiger partial charge in [-0.05, 0) is 18.1 Å². The van der Waals surface area contributed by atoms with E-state index in [4.69, 9.17) is 0 Å². The number of carbonyl (C=O) groups excluding carboxylic acids is 1. The molecule has 0 atom stereocenters. The number of piperazine rings is 1. The van der Waals surface area contributed by atoms with Crippen LogP contribution < -0.4 is 5.56 Å². The van der Waals surface area contributed by atoms with Crippen LogP contribution in [0.2, 0.25) is 0 Å². The molecule has 1 aliphatic rings. The summed E-state index contributed by atoms with van der Waals surface area (Å²) in [7, 11) is -1.29. The first-order valence-corrected chi connectivity index (χ1v) is 10.6. The van der Waals surface area contributed by atoms with E-state index in [0.29, 0.717) is 32.7 Å². The lowest BCUT2D eigenvalue weighted by atomic mass is 10.1. The number of aromatic nitrogens is 1. The van der Waals surface area contributed by atoms with Crippen molar-refractivity contribution in [3.05, 3.63) is 33.7 Å². The molecule has 0 aliphatic carbocycles. The van der Waals surface area contributed by atoms with Gasteiger partial charge in [-0.15, -0.1) is 0 Å². The van der Waals surface area contributed by atoms with E-state index >= 15 is 0 Å². The molecule has 0 saturated carbocycles. The Labute approximate surface area is 149 Å². The maximum Gasteiger partial charge on any atom is 0.263 e. The largest absolute Gasteiger partial charge is 0.336 e. The Hall–Kier alpha value is -1.67. The second kappa shape index (κ2) is 7.70. The number of hydrogen-bond acceptors (Lipinski definition) is 5. The first-order chi connectivity index (χ1) is 11.6. The predicted octanol–water partition coefficient (Wildman–Crippen LogP) is 0.311. The van der Waals surface area contributed by atoms with Crippen molar-refractivity contribution < 1.29 is 13.2 Å². The smallest absolute Gasteiger partial charge is 0.263 e. The molecular formula is C17H27N3O4S. The highest BCUT2D eigenvalue weighted by molar-refractivity contribution is 7.90. The minimum Gasteiger partial charge on any atom is -0.336 e. The van der Waals surface area contributed by atoms with Crippen LogP contribution in [-0.2, 0) is 16.9 Å². The molecule has 0 aromatic carbocycles. The summed E-state index contributed by atoms with van der Waals surface area (Å²) in [5.74, 6) is 0.0805. The number of pyridine rings is 1. The molecule has 25 heavy (non-hydrogen) atoms. The van der Waals surface area contributed by atoms with Gasteiger partial charge < -0.3 is 9.47 Å². The average Bonchev–Trinajstić information content (AvgIpc) is 2.54. The summed E-state index contributed by atoms with van der Waals surface area (Å²) >= 11 is 0. The zero-order valence-corrected chi connectivity index (χ0v) is 16.2. The van der Waals surface area contributed by atoms with Crippen molar-refractivity contribution in [3.63, 3.8) is 0 Å². The fourth-order valence-electron chi connectivity index (χ4n) is 3.03. The lowest BCUT2D eigenvalue weighted by Gasteiger charge is -2.34. The van der Waals surface area contributed by atoms with Crippen molar-refractivity contribution in [1.29, 1.82) is 0 Å². The Morgan fingerprint density at radius 2 is 1.76 bits per heavy atom. The first-order valence-electron chi connectivity index (χ1n) is 8.49. The van der Waals surface area contributed by atoms with Crippen LogP contribution in [0.15, 0.2) is 16.9 Å². The topological polar surface area (TPSA) is 79.7 Å². The van der Waals surface area contributed by atoms with Gasteiger partial charge in [0.15, 0.2) is 0 Å². The van der Waals surface area contributed by atoms with E-state index in [9.17, 15) is 18.0 Å². The summed E-state index contributed by atoms with van der Waals surface area (Å²) in [6, 6.07) is 3.46. The Morgan fingerprint density at radius 1 is 1.16 bits per heavy atom. The molecule has 2 rings (SSSR count). The fourth-order valence-corrected chi connectivity index (χ4v) is 3.62. The Bertz CT molecular complexity index is 791. The van der Waals surface area contributed by atoms with Gasteiger partial charge >= 0.3 is 0 Å². The second-order valence-electron chi connectivity index (χ2n) is 6.95. The molecule has 1 fully saturated rings. The third-order valence-corrected chi connectivity index (χ3v) is 5.53. The zero-order valence-electron chi connectivity index (χ0n) is 15.4. The molecule has 7 nitrogen and oxygen atoms in total. The van der Waals surface area contributed by atoms with Crippen LogP contribution >= 0.6 is 0 Å². The summed E-state index contributed by atoms with van der Waals surface area (Å²) < 4.78 is 24.0. The van der Waals surface area contributed by atoms with Gasteiger partial charge in [0, 0.05) is 51.7 Å². The number of sulfone groups is 1. The van der Waals surface area contributed by atoms with Crippen molar-refractivity contribution in [1.82, 2.24) is 14.4 Å². The van der Waals surface area contributed by atoms with E-state index in [1.165, 1.54) is 6.26 Å². The van der Waals surface area contributed by atoms with Gasteiger partial charge in [-0.3, -0.25) is 14.5 Å². The van der Waals surface area contributed by atoms with Crippen molar-refractivity contribution in [2.45, 2.75) is 19.8 Å². The number of rotatable bonds is 5. The molecule has 1 aliphatic heterocycles. The molecule has 1 aromatic heterocycles. The van der Waals surface area contributed by atoms with E-state index in [1.807, 2.05) is 24.8 Å². The van der Waals surface area contributed by atoms with E-state index < -0.39 is 9.84 Å². The van der Waals surface area contributed by atoms with Gasteiger partial charge in [0.1, 0.15) is 15.4 Å². The average molecular weight is 369 g/mol. The summed E-state index contributed by atoms with van der Waals surface area (Å²) in [6.45, 7) is 6.72. The molecule has 1 saturated heterocycles. The van der Waals surface area contributed by atoms with E-state index in [1.54, 1.807) is 22.6 Å². The van der Waals surface area contributed by atoms with Gasteiger partial charge in [-0.1, -0.05) is 13.8 Å². The number of nitrogens with zero attached hydrogens (tertiary/aromatic N) is 3. The van der Waals surface area contributed by atoms with Crippen molar-refractivity contribution in [2.75, 3.05) is 44.7 Å². The van der Waals surface area contributed by atoms with Crippen LogP contribution in [0.4, 0.5) is 0 Å². The third-order valence-electron chi connectivity index (χ3n) is 4.60. The van der Waals surface area contributed by atoms with Gasteiger partial charge in [-0.25, -0.2) is 8.42 Å². The number of hydrogen-bond donors (Lipinski definition) is 0. The van der Waals surface area contributed by atoms with Crippen LogP contribution in [0.3, 0.4) is 0 Å². The van der Waals surface area contributed by atoms with Gasteiger partial charge in [0.05, 0.1) is 5.75 Å². The van der Waals surface area contributed by atoms with Crippen molar-refractivity contribution in [3.8, 4) is 0 Å².